The topological polar surface area (TPSA) is 24.4 Å². The molecule has 0 spiro atoms. The van der Waals surface area contributed by atoms with Crippen LogP contribution in [0.15, 0.2) is 17.1 Å². The highest BCUT2D eigenvalue weighted by Gasteiger charge is 2.45. The van der Waals surface area contributed by atoms with Gasteiger partial charge in [0.2, 0.25) is 0 Å². The van der Waals surface area contributed by atoms with Crippen LogP contribution in [0.4, 0.5) is 0 Å². The zero-order valence-corrected chi connectivity index (χ0v) is 11.5. The SMILES string of the molecule is C1=CC23CCCCCCCCC[C@@](CC2)(N=C1)N3. The van der Waals surface area contributed by atoms with Crippen LogP contribution in [0.2, 0.25) is 0 Å². The van der Waals surface area contributed by atoms with E-state index in [0.29, 0.717) is 0 Å². The number of hydrogen-bond acceptors (Lipinski definition) is 2. The summed E-state index contributed by atoms with van der Waals surface area (Å²) in [7, 11) is 0. The van der Waals surface area contributed by atoms with Crippen molar-refractivity contribution in [1.29, 1.82) is 0 Å². The monoisotopic (exact) mass is 246 g/mol. The van der Waals surface area contributed by atoms with Crippen molar-refractivity contribution in [2.45, 2.75) is 81.8 Å². The molecule has 0 aromatic rings. The van der Waals surface area contributed by atoms with E-state index < -0.39 is 0 Å². The first-order chi connectivity index (χ1) is 8.83. The van der Waals surface area contributed by atoms with Crippen molar-refractivity contribution >= 4 is 6.21 Å². The van der Waals surface area contributed by atoms with E-state index in [2.05, 4.69) is 17.5 Å². The lowest BCUT2D eigenvalue weighted by molar-refractivity contribution is 0.295. The summed E-state index contributed by atoms with van der Waals surface area (Å²) >= 11 is 0. The normalized spacial score (nSPS) is 40.9. The summed E-state index contributed by atoms with van der Waals surface area (Å²) < 4.78 is 0. The highest BCUT2D eigenvalue weighted by Crippen LogP contribution is 2.40. The third-order valence-electron chi connectivity index (χ3n) is 5.00. The fourth-order valence-corrected chi connectivity index (χ4v) is 3.92. The van der Waals surface area contributed by atoms with Gasteiger partial charge in [0.25, 0.3) is 0 Å². The van der Waals surface area contributed by atoms with Crippen LogP contribution in [0.3, 0.4) is 0 Å². The van der Waals surface area contributed by atoms with Crippen LogP contribution in [0.25, 0.3) is 0 Å². The lowest BCUT2D eigenvalue weighted by atomic mass is 9.89. The molecule has 0 saturated carbocycles. The van der Waals surface area contributed by atoms with Crippen molar-refractivity contribution in [3.05, 3.63) is 12.2 Å². The maximum absolute atomic E-state index is 4.83. The number of rotatable bonds is 0. The smallest absolute Gasteiger partial charge is 0.111 e. The van der Waals surface area contributed by atoms with Crippen LogP contribution >= 0.6 is 0 Å². The second-order valence-electron chi connectivity index (χ2n) is 6.42. The Morgan fingerprint density at radius 2 is 1.50 bits per heavy atom. The summed E-state index contributed by atoms with van der Waals surface area (Å²) in [6.07, 6.45) is 21.4. The molecule has 100 valence electrons. The number of allylic oxidation sites excluding steroid dienone is 1. The molecule has 0 radical (unpaired) electrons. The van der Waals surface area contributed by atoms with Crippen LogP contribution in [-0.4, -0.2) is 17.4 Å². The first-order valence-corrected chi connectivity index (χ1v) is 7.85. The van der Waals surface area contributed by atoms with Gasteiger partial charge in [0.05, 0.1) is 0 Å². The number of nitrogens with one attached hydrogen (secondary N) is 1. The Kier molecular flexibility index (Phi) is 3.56. The zero-order valence-electron chi connectivity index (χ0n) is 11.5. The van der Waals surface area contributed by atoms with Gasteiger partial charge in [-0.2, -0.15) is 0 Å². The van der Waals surface area contributed by atoms with E-state index >= 15 is 0 Å². The minimum absolute atomic E-state index is 0.0721. The maximum atomic E-state index is 4.83. The fraction of sp³-hybridized carbons (Fsp3) is 0.812. The Labute approximate surface area is 111 Å². The van der Waals surface area contributed by atoms with Gasteiger partial charge < -0.3 is 0 Å². The molecule has 2 nitrogen and oxygen atoms in total. The minimum atomic E-state index is 0.0721. The Hall–Kier alpha value is -0.630. The van der Waals surface area contributed by atoms with Crippen LogP contribution in [0.1, 0.15) is 70.6 Å². The van der Waals surface area contributed by atoms with Crippen molar-refractivity contribution < 1.29 is 0 Å². The second kappa shape index (κ2) is 5.16. The van der Waals surface area contributed by atoms with E-state index in [1.165, 1.54) is 70.6 Å². The van der Waals surface area contributed by atoms with Crippen molar-refractivity contribution in [2.75, 3.05) is 0 Å². The molecule has 2 atom stereocenters. The van der Waals surface area contributed by atoms with E-state index in [9.17, 15) is 0 Å². The summed E-state index contributed by atoms with van der Waals surface area (Å²) in [4.78, 5) is 4.83. The summed E-state index contributed by atoms with van der Waals surface area (Å²) in [6.45, 7) is 0. The Morgan fingerprint density at radius 3 is 2.33 bits per heavy atom. The van der Waals surface area contributed by atoms with Gasteiger partial charge in [0, 0.05) is 11.8 Å². The quantitative estimate of drug-likeness (QED) is 0.687. The maximum Gasteiger partial charge on any atom is 0.111 e. The van der Waals surface area contributed by atoms with E-state index in [-0.39, 0.29) is 11.2 Å². The first kappa shape index (κ1) is 12.4. The molecule has 2 heteroatoms. The molecule has 18 heavy (non-hydrogen) atoms. The molecule has 1 N–H and O–H groups in total. The molecule has 2 bridgehead atoms. The first-order valence-electron chi connectivity index (χ1n) is 7.85. The van der Waals surface area contributed by atoms with Crippen LogP contribution < -0.4 is 5.32 Å². The molecule has 3 rings (SSSR count). The summed E-state index contributed by atoms with van der Waals surface area (Å²) in [5.74, 6) is 0. The van der Waals surface area contributed by atoms with E-state index in [1.807, 2.05) is 6.21 Å². The average Bonchev–Trinajstić information content (AvgIpc) is 2.60. The second-order valence-corrected chi connectivity index (χ2v) is 6.42. The van der Waals surface area contributed by atoms with Gasteiger partial charge in [-0.3, -0.25) is 10.3 Å². The Bertz CT molecular complexity index is 315. The van der Waals surface area contributed by atoms with Crippen LogP contribution in [0.5, 0.6) is 0 Å². The van der Waals surface area contributed by atoms with Gasteiger partial charge in [-0.1, -0.05) is 44.6 Å². The molecule has 3 aliphatic rings. The number of nitrogens with zero attached hydrogens (tertiary/aromatic N) is 1. The molecule has 0 aromatic heterocycles. The van der Waals surface area contributed by atoms with Crippen molar-refractivity contribution in [2.24, 2.45) is 4.99 Å². The standard InChI is InChI=1S/C16H26N2/c1-2-4-6-9-15-10-8-14-17-16(18-15,13-12-15)11-7-5-3-1/h8,10,14,18H,1-7,9,11-13H2/t15?,16-/m1/s1. The highest BCUT2D eigenvalue weighted by atomic mass is 15.2. The molecule has 0 aromatic carbocycles. The van der Waals surface area contributed by atoms with Gasteiger partial charge in [-0.05, 0) is 38.2 Å². The molecular formula is C16H26N2. The lowest BCUT2D eigenvalue weighted by Crippen LogP contribution is -2.48. The van der Waals surface area contributed by atoms with Gasteiger partial charge in [0.1, 0.15) is 5.66 Å². The number of aliphatic imine (C=N–C) groups is 1. The minimum Gasteiger partial charge on any atom is -0.284 e. The van der Waals surface area contributed by atoms with Crippen molar-refractivity contribution in [3.8, 4) is 0 Å². The van der Waals surface area contributed by atoms with Crippen molar-refractivity contribution in [3.63, 3.8) is 0 Å². The third kappa shape index (κ3) is 2.54. The summed E-state index contributed by atoms with van der Waals surface area (Å²) in [5, 5.41) is 3.91. The molecule has 2 saturated heterocycles. The molecule has 0 amide bonds. The average molecular weight is 246 g/mol. The van der Waals surface area contributed by atoms with Gasteiger partial charge >= 0.3 is 0 Å². The van der Waals surface area contributed by atoms with E-state index in [1.54, 1.807) is 0 Å². The molecule has 1 unspecified atom stereocenters. The molecule has 3 heterocycles. The van der Waals surface area contributed by atoms with Gasteiger partial charge in [-0.15, -0.1) is 0 Å². The largest absolute Gasteiger partial charge is 0.284 e. The van der Waals surface area contributed by atoms with Crippen molar-refractivity contribution in [1.82, 2.24) is 5.32 Å². The highest BCUT2D eigenvalue weighted by molar-refractivity contribution is 5.72. The molecule has 3 aliphatic heterocycles. The van der Waals surface area contributed by atoms with E-state index in [4.69, 9.17) is 4.99 Å². The predicted molar refractivity (Wildman–Crippen MR) is 77.0 cm³/mol. The lowest BCUT2D eigenvalue weighted by Gasteiger charge is -2.31. The molecular weight excluding hydrogens is 220 g/mol. The summed E-state index contributed by atoms with van der Waals surface area (Å²) in [5.41, 5.74) is 0.332. The van der Waals surface area contributed by atoms with Crippen LogP contribution in [-0.2, 0) is 0 Å². The zero-order chi connectivity index (χ0) is 12.3. The third-order valence-corrected chi connectivity index (χ3v) is 5.00. The van der Waals surface area contributed by atoms with Gasteiger partial charge in [-0.25, -0.2) is 0 Å². The summed E-state index contributed by atoms with van der Waals surface area (Å²) in [6, 6.07) is 0. The molecule has 2 fully saturated rings. The fourth-order valence-electron chi connectivity index (χ4n) is 3.92. The van der Waals surface area contributed by atoms with Crippen LogP contribution in [0, 0.1) is 0 Å². The molecule has 0 aliphatic carbocycles. The van der Waals surface area contributed by atoms with E-state index in [0.717, 1.165) is 0 Å². The number of hydrogen-bond donors (Lipinski definition) is 1. The Balaban J connectivity index is 1.78. The Morgan fingerprint density at radius 1 is 0.778 bits per heavy atom. The predicted octanol–water partition coefficient (Wildman–Crippen LogP) is 3.97. The van der Waals surface area contributed by atoms with Gasteiger partial charge in [0.15, 0.2) is 0 Å².